The van der Waals surface area contributed by atoms with Crippen LogP contribution >= 0.6 is 11.8 Å². The number of nitrogens with two attached hydrogens (primary N) is 1. The third kappa shape index (κ3) is 2.03. The Kier molecular flexibility index (Phi) is 3.02. The van der Waals surface area contributed by atoms with Gasteiger partial charge in [-0.2, -0.15) is 0 Å². The van der Waals surface area contributed by atoms with Gasteiger partial charge in [-0.1, -0.05) is 18.7 Å². The summed E-state index contributed by atoms with van der Waals surface area (Å²) < 4.78 is 2.04. The molecule has 1 aromatic rings. The number of thioether (sulfide) groups is 1. The summed E-state index contributed by atoms with van der Waals surface area (Å²) in [6.45, 7) is 4.21. The molecule has 0 aromatic carbocycles. The topological polar surface area (TPSA) is 56.7 Å². The predicted molar refractivity (Wildman–Crippen MR) is 61.8 cm³/mol. The first-order chi connectivity index (χ1) is 7.09. The number of hydrogen-bond donors (Lipinski definition) is 1. The maximum absolute atomic E-state index is 6.01. The van der Waals surface area contributed by atoms with Gasteiger partial charge in [0, 0.05) is 18.3 Å². The molecular formula is C10H18N4S. The summed E-state index contributed by atoms with van der Waals surface area (Å²) in [5.74, 6) is 1.54. The van der Waals surface area contributed by atoms with Crippen molar-refractivity contribution in [1.82, 2.24) is 14.8 Å². The molecular weight excluding hydrogens is 208 g/mol. The van der Waals surface area contributed by atoms with Crippen molar-refractivity contribution in [2.75, 3.05) is 0 Å². The van der Waals surface area contributed by atoms with Crippen molar-refractivity contribution < 1.29 is 0 Å². The quantitative estimate of drug-likeness (QED) is 0.827. The van der Waals surface area contributed by atoms with E-state index in [0.717, 1.165) is 17.4 Å². The molecule has 2 rings (SSSR count). The van der Waals surface area contributed by atoms with Crippen molar-refractivity contribution >= 4 is 11.8 Å². The van der Waals surface area contributed by atoms with Crippen molar-refractivity contribution in [3.05, 3.63) is 5.82 Å². The van der Waals surface area contributed by atoms with Gasteiger partial charge in [-0.25, -0.2) is 0 Å². The van der Waals surface area contributed by atoms with E-state index < -0.39 is 0 Å². The Morgan fingerprint density at radius 2 is 2.13 bits per heavy atom. The largest absolute Gasteiger partial charge is 0.327 e. The summed E-state index contributed by atoms with van der Waals surface area (Å²) >= 11 is 1.82. The molecule has 84 valence electrons. The summed E-state index contributed by atoms with van der Waals surface area (Å²) in [5, 5.41) is 9.85. The van der Waals surface area contributed by atoms with Gasteiger partial charge in [0.2, 0.25) is 0 Å². The summed E-state index contributed by atoms with van der Waals surface area (Å²) in [6.07, 6.45) is 2.33. The van der Waals surface area contributed by atoms with Crippen LogP contribution in [0, 0.1) is 12.8 Å². The van der Waals surface area contributed by atoms with Crippen LogP contribution < -0.4 is 5.73 Å². The fourth-order valence-corrected chi connectivity index (χ4v) is 3.27. The molecule has 0 spiro atoms. The third-order valence-corrected chi connectivity index (χ3v) is 4.89. The molecule has 0 saturated heterocycles. The normalized spacial score (nSPS) is 31.1. The van der Waals surface area contributed by atoms with E-state index in [0.29, 0.717) is 17.2 Å². The summed E-state index contributed by atoms with van der Waals surface area (Å²) in [5.41, 5.74) is 6.01. The second-order valence-corrected chi connectivity index (χ2v) is 5.55. The van der Waals surface area contributed by atoms with E-state index in [2.05, 4.69) is 17.1 Å². The monoisotopic (exact) mass is 226 g/mol. The molecule has 3 unspecified atom stereocenters. The highest BCUT2D eigenvalue weighted by Gasteiger charge is 2.31. The van der Waals surface area contributed by atoms with Crippen LogP contribution in [0.25, 0.3) is 0 Å². The summed E-state index contributed by atoms with van der Waals surface area (Å²) in [7, 11) is 2.01. The molecule has 4 nitrogen and oxygen atoms in total. The molecule has 1 saturated carbocycles. The zero-order valence-electron chi connectivity index (χ0n) is 9.47. The van der Waals surface area contributed by atoms with Crippen LogP contribution in [-0.4, -0.2) is 26.1 Å². The highest BCUT2D eigenvalue weighted by molar-refractivity contribution is 7.99. The van der Waals surface area contributed by atoms with Crippen LogP contribution in [-0.2, 0) is 7.05 Å². The Hall–Kier alpha value is -0.550. The molecule has 1 heterocycles. The van der Waals surface area contributed by atoms with E-state index in [1.807, 2.05) is 30.3 Å². The molecule has 0 aliphatic heterocycles. The first-order valence-electron chi connectivity index (χ1n) is 5.38. The minimum Gasteiger partial charge on any atom is -0.327 e. The molecule has 15 heavy (non-hydrogen) atoms. The van der Waals surface area contributed by atoms with Crippen LogP contribution in [0.3, 0.4) is 0 Å². The highest BCUT2D eigenvalue weighted by Crippen LogP contribution is 2.37. The zero-order chi connectivity index (χ0) is 11.0. The summed E-state index contributed by atoms with van der Waals surface area (Å²) in [6, 6.07) is 0.358. The average molecular weight is 226 g/mol. The number of rotatable bonds is 2. The molecule has 2 N–H and O–H groups in total. The molecule has 1 aliphatic carbocycles. The third-order valence-electron chi connectivity index (χ3n) is 3.36. The highest BCUT2D eigenvalue weighted by atomic mass is 32.2. The SMILES string of the molecule is Cc1nnc(SC2CCC(N)C2C)n1C. The van der Waals surface area contributed by atoms with Crippen LogP contribution in [0.2, 0.25) is 0 Å². The lowest BCUT2D eigenvalue weighted by atomic mass is 10.1. The molecule has 5 heteroatoms. The van der Waals surface area contributed by atoms with Gasteiger partial charge in [-0.15, -0.1) is 10.2 Å². The number of aromatic nitrogens is 3. The van der Waals surface area contributed by atoms with Gasteiger partial charge >= 0.3 is 0 Å². The lowest BCUT2D eigenvalue weighted by molar-refractivity contribution is 0.534. The summed E-state index contributed by atoms with van der Waals surface area (Å²) in [4.78, 5) is 0. The van der Waals surface area contributed by atoms with Crippen LogP contribution in [0.5, 0.6) is 0 Å². The Morgan fingerprint density at radius 1 is 1.40 bits per heavy atom. The van der Waals surface area contributed by atoms with Crippen molar-refractivity contribution in [1.29, 1.82) is 0 Å². The van der Waals surface area contributed by atoms with E-state index in [4.69, 9.17) is 5.73 Å². The maximum atomic E-state index is 6.01. The van der Waals surface area contributed by atoms with Gasteiger partial charge in [0.05, 0.1) is 0 Å². The standard InChI is InChI=1S/C10H18N4S/c1-6-8(11)4-5-9(6)15-10-13-12-7(2)14(10)3/h6,8-9H,4-5,11H2,1-3H3. The first kappa shape index (κ1) is 11.0. The van der Waals surface area contributed by atoms with Crippen molar-refractivity contribution in [3.8, 4) is 0 Å². The fourth-order valence-electron chi connectivity index (χ4n) is 1.95. The Labute approximate surface area is 94.6 Å². The van der Waals surface area contributed by atoms with Crippen molar-refractivity contribution in [2.24, 2.45) is 18.7 Å². The second-order valence-electron chi connectivity index (χ2n) is 4.35. The van der Waals surface area contributed by atoms with Gasteiger partial charge in [-0.3, -0.25) is 0 Å². The van der Waals surface area contributed by atoms with E-state index in [1.165, 1.54) is 6.42 Å². The molecule has 1 aliphatic rings. The predicted octanol–water partition coefficient (Wildman–Crippen LogP) is 1.34. The fraction of sp³-hybridized carbons (Fsp3) is 0.800. The van der Waals surface area contributed by atoms with Gasteiger partial charge in [0.15, 0.2) is 5.16 Å². The average Bonchev–Trinajstić information content (AvgIpc) is 2.68. The number of aryl methyl sites for hydroxylation is 1. The van der Waals surface area contributed by atoms with E-state index >= 15 is 0 Å². The Bertz CT molecular complexity index is 349. The molecule has 3 atom stereocenters. The first-order valence-corrected chi connectivity index (χ1v) is 6.25. The van der Waals surface area contributed by atoms with E-state index in [-0.39, 0.29) is 0 Å². The van der Waals surface area contributed by atoms with E-state index in [9.17, 15) is 0 Å². The van der Waals surface area contributed by atoms with Crippen LogP contribution in [0.15, 0.2) is 5.16 Å². The molecule has 0 bridgehead atoms. The molecule has 1 fully saturated rings. The van der Waals surface area contributed by atoms with Crippen molar-refractivity contribution in [2.45, 2.75) is 43.1 Å². The van der Waals surface area contributed by atoms with Crippen LogP contribution in [0.1, 0.15) is 25.6 Å². The van der Waals surface area contributed by atoms with Gasteiger partial charge in [0.1, 0.15) is 5.82 Å². The van der Waals surface area contributed by atoms with Gasteiger partial charge in [0.25, 0.3) is 0 Å². The smallest absolute Gasteiger partial charge is 0.191 e. The minimum atomic E-state index is 0.358. The zero-order valence-corrected chi connectivity index (χ0v) is 10.3. The molecule has 0 radical (unpaired) electrons. The lowest BCUT2D eigenvalue weighted by Crippen LogP contribution is -2.26. The molecule has 1 aromatic heterocycles. The van der Waals surface area contributed by atoms with Gasteiger partial charge < -0.3 is 10.3 Å². The molecule has 0 amide bonds. The Morgan fingerprint density at radius 3 is 2.60 bits per heavy atom. The minimum absolute atomic E-state index is 0.358. The second kappa shape index (κ2) is 4.14. The number of nitrogens with zero attached hydrogens (tertiary/aromatic N) is 3. The van der Waals surface area contributed by atoms with Crippen LogP contribution in [0.4, 0.5) is 0 Å². The van der Waals surface area contributed by atoms with E-state index in [1.54, 1.807) is 0 Å². The Balaban J connectivity index is 2.06. The van der Waals surface area contributed by atoms with Crippen molar-refractivity contribution in [3.63, 3.8) is 0 Å². The number of hydrogen-bond acceptors (Lipinski definition) is 4. The maximum Gasteiger partial charge on any atom is 0.191 e. The van der Waals surface area contributed by atoms with Gasteiger partial charge in [-0.05, 0) is 25.7 Å². The lowest BCUT2D eigenvalue weighted by Gasteiger charge is -2.16.